The summed E-state index contributed by atoms with van der Waals surface area (Å²) in [6.07, 6.45) is 6.10. The van der Waals surface area contributed by atoms with E-state index in [-0.39, 0.29) is 11.1 Å². The highest BCUT2D eigenvalue weighted by molar-refractivity contribution is 5.65. The van der Waals surface area contributed by atoms with Crippen LogP contribution in [0.1, 0.15) is 49.9 Å². The van der Waals surface area contributed by atoms with Crippen molar-refractivity contribution in [1.82, 2.24) is 24.6 Å². The van der Waals surface area contributed by atoms with Crippen molar-refractivity contribution in [2.45, 2.75) is 56.3 Å². The summed E-state index contributed by atoms with van der Waals surface area (Å²) in [5, 5.41) is 8.61. The van der Waals surface area contributed by atoms with Gasteiger partial charge in [-0.15, -0.1) is 10.2 Å². The van der Waals surface area contributed by atoms with Gasteiger partial charge in [0.1, 0.15) is 24.1 Å². The Morgan fingerprint density at radius 2 is 1.82 bits per heavy atom. The van der Waals surface area contributed by atoms with Crippen molar-refractivity contribution in [1.29, 1.82) is 0 Å². The molecule has 10 heteroatoms. The van der Waals surface area contributed by atoms with Crippen LogP contribution in [0.5, 0.6) is 0 Å². The van der Waals surface area contributed by atoms with E-state index in [2.05, 4.69) is 28.9 Å². The molecule has 1 aromatic carbocycles. The topological polar surface area (TPSA) is 40.4 Å². The van der Waals surface area contributed by atoms with Crippen LogP contribution >= 0.6 is 0 Å². The second-order valence-corrected chi connectivity index (χ2v) is 12.1. The van der Waals surface area contributed by atoms with Gasteiger partial charge >= 0.3 is 6.18 Å². The first-order valence-electron chi connectivity index (χ1n) is 13.9. The van der Waals surface area contributed by atoms with Crippen molar-refractivity contribution in [2.75, 3.05) is 24.5 Å². The predicted molar refractivity (Wildman–Crippen MR) is 143 cm³/mol. The number of aromatic nitrogens is 3. The quantitative estimate of drug-likeness (QED) is 0.430. The molecule has 6 nitrogen and oxygen atoms in total. The van der Waals surface area contributed by atoms with Gasteiger partial charge in [-0.3, -0.25) is 4.90 Å². The maximum atomic E-state index is 14.3. The third-order valence-corrected chi connectivity index (χ3v) is 9.32. The van der Waals surface area contributed by atoms with Crippen LogP contribution < -0.4 is 4.90 Å². The van der Waals surface area contributed by atoms with Gasteiger partial charge in [0.2, 0.25) is 0 Å². The van der Waals surface area contributed by atoms with Gasteiger partial charge in [-0.1, -0.05) is 18.7 Å². The first-order valence-corrected chi connectivity index (χ1v) is 13.9. The highest BCUT2D eigenvalue weighted by Crippen LogP contribution is 2.70. The third kappa shape index (κ3) is 4.10. The predicted octanol–water partition coefficient (Wildman–Crippen LogP) is 5.93. The standard InChI is InChI=1S/C30H32F4N6/c1-20-39(16-26-25(30(32,33)34)12-21(15-40(20)26)14-38-10-6-23(31)7-11-38)24-5-3-4-22(13-24)29(17-28(18-29)8-9-28)27-36-35-19-37(27)2/h3-5,12-13,15-16,19,23H,1,6-11,14,17-18H2,2H3. The van der Waals surface area contributed by atoms with Crippen molar-refractivity contribution in [2.24, 2.45) is 12.5 Å². The molecule has 2 aliphatic carbocycles. The average Bonchev–Trinajstić information content (AvgIpc) is 3.47. The summed E-state index contributed by atoms with van der Waals surface area (Å²) in [7, 11) is 1.96. The summed E-state index contributed by atoms with van der Waals surface area (Å²) in [5.74, 6) is 1.35. The molecule has 0 N–H and O–H groups in total. The Hall–Kier alpha value is -3.40. The molecule has 40 heavy (non-hydrogen) atoms. The molecular weight excluding hydrogens is 520 g/mol. The number of benzene rings is 1. The molecule has 3 aliphatic heterocycles. The fourth-order valence-corrected chi connectivity index (χ4v) is 7.09. The number of rotatable bonds is 5. The highest BCUT2D eigenvalue weighted by atomic mass is 19.4. The van der Waals surface area contributed by atoms with Crippen LogP contribution in [0.4, 0.5) is 23.2 Å². The van der Waals surface area contributed by atoms with Gasteiger partial charge in [0.05, 0.1) is 16.7 Å². The molecule has 0 unspecified atom stereocenters. The zero-order valence-electron chi connectivity index (χ0n) is 22.5. The second kappa shape index (κ2) is 8.80. The van der Waals surface area contributed by atoms with E-state index in [9.17, 15) is 17.6 Å². The number of aryl methyl sites for hydroxylation is 1. The van der Waals surface area contributed by atoms with E-state index in [1.165, 1.54) is 30.0 Å². The number of hydrogen-bond donors (Lipinski definition) is 0. The zero-order chi connectivity index (χ0) is 27.9. The Morgan fingerprint density at radius 3 is 2.48 bits per heavy atom. The van der Waals surface area contributed by atoms with E-state index in [1.54, 1.807) is 17.4 Å². The first-order chi connectivity index (χ1) is 19.1. The molecule has 0 amide bonds. The average molecular weight is 553 g/mol. The van der Waals surface area contributed by atoms with Gasteiger partial charge in [-0.2, -0.15) is 13.2 Å². The normalized spacial score (nSPS) is 24.0. The summed E-state index contributed by atoms with van der Waals surface area (Å²) >= 11 is 0. The highest BCUT2D eigenvalue weighted by Gasteiger charge is 2.63. The van der Waals surface area contributed by atoms with Crippen molar-refractivity contribution >= 4 is 5.69 Å². The van der Waals surface area contributed by atoms with Crippen LogP contribution in [0.25, 0.3) is 0 Å². The molecule has 0 atom stereocenters. The minimum Gasteiger partial charge on any atom is -0.320 e. The van der Waals surface area contributed by atoms with Crippen molar-refractivity contribution < 1.29 is 17.6 Å². The lowest BCUT2D eigenvalue weighted by Crippen LogP contribution is -2.45. The molecule has 210 valence electrons. The summed E-state index contributed by atoms with van der Waals surface area (Å²) in [4.78, 5) is 5.29. The number of piperidine rings is 1. The number of fused-ring (bicyclic) bond motifs is 1. The van der Waals surface area contributed by atoms with E-state index in [1.807, 2.05) is 28.6 Å². The third-order valence-electron chi connectivity index (χ3n) is 9.32. The monoisotopic (exact) mass is 552 g/mol. The number of halogens is 4. The lowest BCUT2D eigenvalue weighted by atomic mass is 9.56. The lowest BCUT2D eigenvalue weighted by Gasteiger charge is -2.48. The fourth-order valence-electron chi connectivity index (χ4n) is 7.09. The zero-order valence-corrected chi connectivity index (χ0v) is 22.5. The Bertz CT molecular complexity index is 1450. The molecule has 0 radical (unpaired) electrons. The van der Waals surface area contributed by atoms with Gasteiger partial charge in [0.25, 0.3) is 0 Å². The summed E-state index contributed by atoms with van der Waals surface area (Å²) in [6.45, 7) is 5.60. The molecule has 4 heterocycles. The molecule has 1 aromatic heterocycles. The molecule has 1 saturated heterocycles. The summed E-state index contributed by atoms with van der Waals surface area (Å²) in [5.41, 5.74) is 1.85. The van der Waals surface area contributed by atoms with E-state index in [0.29, 0.717) is 49.3 Å². The number of hydrogen-bond acceptors (Lipinski definition) is 5. The van der Waals surface area contributed by atoms with Gasteiger partial charge in [-0.25, -0.2) is 4.39 Å². The fraction of sp³-hybridized carbons (Fsp3) is 0.467. The largest absolute Gasteiger partial charge is 0.418 e. The maximum Gasteiger partial charge on any atom is 0.418 e. The van der Waals surface area contributed by atoms with Crippen LogP contribution in [-0.4, -0.2) is 56.5 Å². The number of likely N-dealkylation sites (tertiary alicyclic amines) is 1. The molecule has 2 saturated carbocycles. The molecule has 5 aliphatic rings. The molecule has 7 rings (SSSR count). The van der Waals surface area contributed by atoms with E-state index in [0.717, 1.165) is 29.9 Å². The van der Waals surface area contributed by atoms with Crippen LogP contribution in [0.15, 0.2) is 78.3 Å². The number of allylic oxidation sites excluding steroid dienone is 1. The maximum absolute atomic E-state index is 14.3. The smallest absolute Gasteiger partial charge is 0.320 e. The van der Waals surface area contributed by atoms with Crippen molar-refractivity contribution in [3.63, 3.8) is 0 Å². The first kappa shape index (κ1) is 25.6. The number of anilines is 1. The molecule has 1 spiro atoms. The van der Waals surface area contributed by atoms with Crippen molar-refractivity contribution in [3.05, 3.63) is 89.7 Å². The summed E-state index contributed by atoms with van der Waals surface area (Å²) < 4.78 is 58.5. The van der Waals surface area contributed by atoms with Crippen LogP contribution in [0, 0.1) is 5.41 Å². The Morgan fingerprint density at radius 1 is 1.07 bits per heavy atom. The van der Waals surface area contributed by atoms with Crippen LogP contribution in [0.3, 0.4) is 0 Å². The molecule has 2 aromatic rings. The van der Waals surface area contributed by atoms with Crippen LogP contribution in [-0.2, 0) is 12.5 Å². The number of alkyl halides is 4. The van der Waals surface area contributed by atoms with Gasteiger partial charge < -0.3 is 14.4 Å². The Labute approximate surface area is 230 Å². The van der Waals surface area contributed by atoms with E-state index < -0.39 is 17.9 Å². The SMILES string of the molecule is C=C1N2C=C(CN3CCC(F)CC3)C=C(C(F)(F)F)C2=CN1c1cccc(C2(c3nncn3C)CC3(CC3)C2)c1. The van der Waals surface area contributed by atoms with Crippen LogP contribution in [0.2, 0.25) is 0 Å². The second-order valence-electron chi connectivity index (χ2n) is 12.1. The van der Waals surface area contributed by atoms with Gasteiger partial charge in [0, 0.05) is 44.8 Å². The minimum absolute atomic E-state index is 0.0534. The Balaban J connectivity index is 1.21. The minimum atomic E-state index is -4.53. The van der Waals surface area contributed by atoms with E-state index in [4.69, 9.17) is 0 Å². The molecule has 0 bridgehead atoms. The molecular formula is C30H32F4N6. The lowest BCUT2D eigenvalue weighted by molar-refractivity contribution is -0.0909. The van der Waals surface area contributed by atoms with Crippen molar-refractivity contribution in [3.8, 4) is 0 Å². The van der Waals surface area contributed by atoms with Gasteiger partial charge in [0.15, 0.2) is 0 Å². The Kier molecular flexibility index (Phi) is 5.62. The van der Waals surface area contributed by atoms with Gasteiger partial charge in [-0.05, 0) is 73.3 Å². The molecule has 3 fully saturated rings. The van der Waals surface area contributed by atoms with E-state index >= 15 is 0 Å². The summed E-state index contributed by atoms with van der Waals surface area (Å²) in [6, 6.07) is 8.02. The number of nitrogens with zero attached hydrogens (tertiary/aromatic N) is 6.